The van der Waals surface area contributed by atoms with Crippen LogP contribution in [0.2, 0.25) is 0 Å². The third-order valence-electron chi connectivity index (χ3n) is 3.57. The maximum atomic E-state index is 11.9. The smallest absolute Gasteiger partial charge is 0.325 e. The number of carbonyl (C=O) groups excluding carboxylic acids is 1. The van der Waals surface area contributed by atoms with Gasteiger partial charge in [-0.3, -0.25) is 9.59 Å². The summed E-state index contributed by atoms with van der Waals surface area (Å²) >= 11 is 0. The van der Waals surface area contributed by atoms with Crippen molar-refractivity contribution >= 4 is 17.6 Å². The number of amides is 1. The van der Waals surface area contributed by atoms with E-state index in [1.807, 2.05) is 12.1 Å². The van der Waals surface area contributed by atoms with Crippen molar-refractivity contribution in [1.29, 1.82) is 0 Å². The molecule has 2 N–H and O–H groups in total. The van der Waals surface area contributed by atoms with Crippen molar-refractivity contribution in [2.75, 3.05) is 18.0 Å². The van der Waals surface area contributed by atoms with Gasteiger partial charge >= 0.3 is 5.97 Å². The number of carbonyl (C=O) groups is 2. The number of rotatable bonds is 4. The number of benzene rings is 1. The molecule has 2 rings (SSSR count). The molecule has 1 fully saturated rings. The molecule has 0 aromatic heterocycles. The Kier molecular flexibility index (Phi) is 4.61. The van der Waals surface area contributed by atoms with Crippen LogP contribution in [0.5, 0.6) is 0 Å². The first-order valence-corrected chi connectivity index (χ1v) is 6.96. The third kappa shape index (κ3) is 3.50. The first-order valence-electron chi connectivity index (χ1n) is 6.96. The lowest BCUT2D eigenvalue weighted by molar-refractivity contribution is -0.138. The van der Waals surface area contributed by atoms with Crippen LogP contribution in [-0.2, 0) is 4.79 Å². The second-order valence-corrected chi connectivity index (χ2v) is 5.13. The van der Waals surface area contributed by atoms with E-state index in [4.69, 9.17) is 5.11 Å². The summed E-state index contributed by atoms with van der Waals surface area (Å²) in [6.45, 7) is 3.56. The lowest BCUT2D eigenvalue weighted by Gasteiger charge is -2.28. The quantitative estimate of drug-likeness (QED) is 0.881. The summed E-state index contributed by atoms with van der Waals surface area (Å²) in [5.74, 6) is -1.40. The minimum atomic E-state index is -1.04. The molecule has 0 bridgehead atoms. The second-order valence-electron chi connectivity index (χ2n) is 5.13. The molecule has 0 unspecified atom stereocenters. The molecule has 0 saturated carbocycles. The maximum Gasteiger partial charge on any atom is 0.325 e. The zero-order chi connectivity index (χ0) is 14.5. The van der Waals surface area contributed by atoms with Gasteiger partial charge in [0.05, 0.1) is 0 Å². The van der Waals surface area contributed by atoms with E-state index in [1.165, 1.54) is 26.2 Å². The van der Waals surface area contributed by atoms with E-state index >= 15 is 0 Å². The zero-order valence-corrected chi connectivity index (χ0v) is 11.6. The number of piperidine rings is 1. The second kappa shape index (κ2) is 6.41. The molecule has 0 aliphatic carbocycles. The molecular weight excluding hydrogens is 256 g/mol. The molecular formula is C15H20N2O3. The van der Waals surface area contributed by atoms with Crippen molar-refractivity contribution in [1.82, 2.24) is 5.32 Å². The van der Waals surface area contributed by atoms with E-state index in [0.29, 0.717) is 5.56 Å². The van der Waals surface area contributed by atoms with Gasteiger partial charge < -0.3 is 15.3 Å². The number of nitrogens with zero attached hydrogens (tertiary/aromatic N) is 1. The van der Waals surface area contributed by atoms with Crippen LogP contribution in [0.3, 0.4) is 0 Å². The SMILES string of the molecule is C[C@H](NC(=O)c1ccc(N2CCCCC2)cc1)C(=O)O. The third-order valence-corrected chi connectivity index (χ3v) is 3.57. The lowest BCUT2D eigenvalue weighted by Crippen LogP contribution is -2.38. The van der Waals surface area contributed by atoms with Crippen molar-refractivity contribution < 1.29 is 14.7 Å². The highest BCUT2D eigenvalue weighted by molar-refractivity contribution is 5.96. The van der Waals surface area contributed by atoms with Crippen LogP contribution in [0.1, 0.15) is 36.5 Å². The van der Waals surface area contributed by atoms with Crippen molar-refractivity contribution in [2.24, 2.45) is 0 Å². The first kappa shape index (κ1) is 14.4. The molecule has 20 heavy (non-hydrogen) atoms. The van der Waals surface area contributed by atoms with Gasteiger partial charge in [0.15, 0.2) is 0 Å². The molecule has 0 spiro atoms. The van der Waals surface area contributed by atoms with Gasteiger partial charge in [-0.1, -0.05) is 0 Å². The summed E-state index contributed by atoms with van der Waals surface area (Å²) in [4.78, 5) is 24.9. The van der Waals surface area contributed by atoms with Crippen LogP contribution in [0.25, 0.3) is 0 Å². The van der Waals surface area contributed by atoms with Crippen LogP contribution >= 0.6 is 0 Å². The number of hydrogen-bond donors (Lipinski definition) is 2. The van der Waals surface area contributed by atoms with E-state index in [2.05, 4.69) is 10.2 Å². The highest BCUT2D eigenvalue weighted by atomic mass is 16.4. The summed E-state index contributed by atoms with van der Waals surface area (Å²) in [6.07, 6.45) is 3.70. The minimum Gasteiger partial charge on any atom is -0.480 e. The average molecular weight is 276 g/mol. The Morgan fingerprint density at radius 1 is 1.15 bits per heavy atom. The van der Waals surface area contributed by atoms with Crippen molar-refractivity contribution in [2.45, 2.75) is 32.2 Å². The lowest BCUT2D eigenvalue weighted by atomic mass is 10.1. The Hall–Kier alpha value is -2.04. The molecule has 5 heteroatoms. The number of aliphatic carboxylic acids is 1. The van der Waals surface area contributed by atoms with Crippen molar-refractivity contribution in [3.8, 4) is 0 Å². The first-order chi connectivity index (χ1) is 9.58. The largest absolute Gasteiger partial charge is 0.480 e. The van der Waals surface area contributed by atoms with E-state index in [9.17, 15) is 9.59 Å². The van der Waals surface area contributed by atoms with Gasteiger partial charge in [0.25, 0.3) is 5.91 Å². The average Bonchev–Trinajstić information content (AvgIpc) is 2.48. The molecule has 1 amide bonds. The fourth-order valence-electron chi connectivity index (χ4n) is 2.32. The van der Waals surface area contributed by atoms with Crippen LogP contribution in [0, 0.1) is 0 Å². The minimum absolute atomic E-state index is 0.356. The fourth-order valence-corrected chi connectivity index (χ4v) is 2.32. The fraction of sp³-hybridized carbons (Fsp3) is 0.467. The molecule has 0 radical (unpaired) electrons. The molecule has 1 atom stereocenters. The Morgan fingerprint density at radius 2 is 1.75 bits per heavy atom. The Bertz CT molecular complexity index is 478. The topological polar surface area (TPSA) is 69.6 Å². The molecule has 1 aromatic rings. The van der Waals surface area contributed by atoms with E-state index in [0.717, 1.165) is 18.8 Å². The molecule has 1 aliphatic rings. The summed E-state index contributed by atoms with van der Waals surface area (Å²) in [5, 5.41) is 11.2. The molecule has 108 valence electrons. The van der Waals surface area contributed by atoms with Gasteiger partial charge in [-0.25, -0.2) is 0 Å². The number of hydrogen-bond acceptors (Lipinski definition) is 3. The van der Waals surface area contributed by atoms with Crippen molar-refractivity contribution in [3.63, 3.8) is 0 Å². The molecule has 5 nitrogen and oxygen atoms in total. The van der Waals surface area contributed by atoms with Crippen LogP contribution < -0.4 is 10.2 Å². The van der Waals surface area contributed by atoms with Crippen LogP contribution in [0.15, 0.2) is 24.3 Å². The standard InChI is InChI=1S/C15H20N2O3/c1-11(15(19)20)16-14(18)12-5-7-13(8-6-12)17-9-3-2-4-10-17/h5-8,11H,2-4,9-10H2,1H3,(H,16,18)(H,19,20)/t11-/m0/s1. The summed E-state index contributed by atoms with van der Waals surface area (Å²) < 4.78 is 0. The number of nitrogens with one attached hydrogen (secondary N) is 1. The summed E-state index contributed by atoms with van der Waals surface area (Å²) in [5.41, 5.74) is 1.60. The summed E-state index contributed by atoms with van der Waals surface area (Å²) in [6, 6.07) is 6.45. The molecule has 1 aromatic carbocycles. The normalized spacial score (nSPS) is 16.6. The van der Waals surface area contributed by atoms with Gasteiger partial charge in [-0.15, -0.1) is 0 Å². The monoisotopic (exact) mass is 276 g/mol. The van der Waals surface area contributed by atoms with Crippen LogP contribution in [-0.4, -0.2) is 36.1 Å². The van der Waals surface area contributed by atoms with Gasteiger partial charge in [-0.2, -0.15) is 0 Å². The van der Waals surface area contributed by atoms with Crippen LogP contribution in [0.4, 0.5) is 5.69 Å². The van der Waals surface area contributed by atoms with Gasteiger partial charge in [0.1, 0.15) is 6.04 Å². The highest BCUT2D eigenvalue weighted by Gasteiger charge is 2.16. The number of carboxylic acids is 1. The van der Waals surface area contributed by atoms with Crippen molar-refractivity contribution in [3.05, 3.63) is 29.8 Å². The number of carboxylic acid groups (broad SMARTS) is 1. The van der Waals surface area contributed by atoms with Gasteiger partial charge in [0, 0.05) is 24.3 Å². The predicted octanol–water partition coefficient (Wildman–Crippen LogP) is 1.88. The Balaban J connectivity index is 2.00. The summed E-state index contributed by atoms with van der Waals surface area (Å²) in [7, 11) is 0. The Labute approximate surface area is 118 Å². The van der Waals surface area contributed by atoms with E-state index < -0.39 is 12.0 Å². The molecule has 1 heterocycles. The van der Waals surface area contributed by atoms with E-state index in [-0.39, 0.29) is 5.91 Å². The van der Waals surface area contributed by atoms with E-state index in [1.54, 1.807) is 12.1 Å². The Morgan fingerprint density at radius 3 is 2.30 bits per heavy atom. The maximum absolute atomic E-state index is 11.9. The van der Waals surface area contributed by atoms with Gasteiger partial charge in [-0.05, 0) is 50.5 Å². The van der Waals surface area contributed by atoms with Gasteiger partial charge in [0.2, 0.25) is 0 Å². The highest BCUT2D eigenvalue weighted by Crippen LogP contribution is 2.20. The predicted molar refractivity (Wildman–Crippen MR) is 77.1 cm³/mol. The number of anilines is 1. The molecule has 1 saturated heterocycles. The zero-order valence-electron chi connectivity index (χ0n) is 11.6. The molecule has 1 aliphatic heterocycles.